The molecule has 0 spiro atoms. The van der Waals surface area contributed by atoms with Gasteiger partial charge in [-0.2, -0.15) is 0 Å². The molecule has 0 aliphatic rings. The monoisotopic (exact) mass is 200 g/mol. The summed E-state index contributed by atoms with van der Waals surface area (Å²) in [5.41, 5.74) is 0. The zero-order valence-corrected chi connectivity index (χ0v) is 8.73. The smallest absolute Gasteiger partial charge is 0.0950 e. The van der Waals surface area contributed by atoms with E-state index in [9.17, 15) is 0 Å². The van der Waals surface area contributed by atoms with Crippen molar-refractivity contribution in [2.75, 3.05) is 20.2 Å². The van der Waals surface area contributed by atoms with Crippen molar-refractivity contribution < 1.29 is 5.11 Å². The highest BCUT2D eigenvalue weighted by molar-refractivity contribution is 7.11. The van der Waals surface area contributed by atoms with Crippen molar-refractivity contribution in [3.8, 4) is 0 Å². The molecule has 0 saturated carbocycles. The molecule has 0 radical (unpaired) electrons. The van der Waals surface area contributed by atoms with Gasteiger partial charge in [0.05, 0.1) is 5.01 Å². The van der Waals surface area contributed by atoms with Crippen LogP contribution in [0.5, 0.6) is 0 Å². The lowest BCUT2D eigenvalue weighted by atomic mass is 10.3. The van der Waals surface area contributed by atoms with E-state index in [2.05, 4.69) is 10.3 Å². The van der Waals surface area contributed by atoms with E-state index in [-0.39, 0.29) is 6.61 Å². The lowest BCUT2D eigenvalue weighted by molar-refractivity contribution is 0.299. The van der Waals surface area contributed by atoms with Crippen LogP contribution in [0.4, 0.5) is 0 Å². The Bertz CT molecular complexity index is 237. The lowest BCUT2D eigenvalue weighted by Gasteiger charge is -1.95. The van der Waals surface area contributed by atoms with Crippen molar-refractivity contribution in [2.24, 2.45) is 0 Å². The Morgan fingerprint density at radius 3 is 3.08 bits per heavy atom. The molecule has 1 aromatic heterocycles. The minimum absolute atomic E-state index is 0.198. The van der Waals surface area contributed by atoms with Gasteiger partial charge in [-0.25, -0.2) is 4.98 Å². The van der Waals surface area contributed by atoms with Crippen LogP contribution in [0.3, 0.4) is 0 Å². The van der Waals surface area contributed by atoms with Gasteiger partial charge < -0.3 is 10.4 Å². The van der Waals surface area contributed by atoms with Crippen LogP contribution in [0, 0.1) is 0 Å². The average molecular weight is 200 g/mol. The number of nitrogens with one attached hydrogen (secondary N) is 1. The number of rotatable bonds is 6. The fourth-order valence-corrected chi connectivity index (χ4v) is 2.07. The number of hydrogen-bond acceptors (Lipinski definition) is 4. The molecule has 13 heavy (non-hydrogen) atoms. The second-order valence-corrected chi connectivity index (χ2v) is 4.10. The van der Waals surface area contributed by atoms with Gasteiger partial charge in [-0.1, -0.05) is 0 Å². The van der Waals surface area contributed by atoms with E-state index >= 15 is 0 Å². The summed E-state index contributed by atoms with van der Waals surface area (Å²) in [6, 6.07) is 0. The van der Waals surface area contributed by atoms with Crippen LogP contribution in [-0.4, -0.2) is 30.3 Å². The quantitative estimate of drug-likeness (QED) is 0.669. The van der Waals surface area contributed by atoms with Crippen molar-refractivity contribution >= 4 is 11.3 Å². The highest BCUT2D eigenvalue weighted by Crippen LogP contribution is 2.14. The minimum atomic E-state index is 0.198. The van der Waals surface area contributed by atoms with Gasteiger partial charge in [-0.3, -0.25) is 0 Å². The molecule has 1 aromatic rings. The van der Waals surface area contributed by atoms with Crippen molar-refractivity contribution in [2.45, 2.75) is 19.3 Å². The summed E-state index contributed by atoms with van der Waals surface area (Å²) in [5, 5.41) is 12.9. The van der Waals surface area contributed by atoms with Crippen molar-refractivity contribution in [1.29, 1.82) is 0 Å². The summed E-state index contributed by atoms with van der Waals surface area (Å²) >= 11 is 1.71. The van der Waals surface area contributed by atoms with Gasteiger partial charge in [0, 0.05) is 24.1 Å². The Balaban J connectivity index is 2.31. The van der Waals surface area contributed by atoms with E-state index in [1.165, 1.54) is 4.88 Å². The van der Waals surface area contributed by atoms with E-state index in [1.807, 2.05) is 13.2 Å². The third kappa shape index (κ3) is 3.85. The summed E-state index contributed by atoms with van der Waals surface area (Å²) in [5.74, 6) is 0. The molecule has 0 amide bonds. The molecule has 2 N–H and O–H groups in total. The van der Waals surface area contributed by atoms with Gasteiger partial charge in [0.25, 0.3) is 0 Å². The number of nitrogens with zero attached hydrogens (tertiary/aromatic N) is 1. The molecule has 0 saturated heterocycles. The van der Waals surface area contributed by atoms with Crippen LogP contribution >= 0.6 is 11.3 Å². The molecule has 4 heteroatoms. The lowest BCUT2D eigenvalue weighted by Crippen LogP contribution is -2.07. The first-order valence-electron chi connectivity index (χ1n) is 4.56. The summed E-state index contributed by atoms with van der Waals surface area (Å²) < 4.78 is 0. The number of aliphatic hydroxyl groups excluding tert-OH is 1. The van der Waals surface area contributed by atoms with Crippen LogP contribution < -0.4 is 5.32 Å². The first kappa shape index (κ1) is 10.6. The van der Waals surface area contributed by atoms with Crippen LogP contribution in [0.15, 0.2) is 6.20 Å². The molecular weight excluding hydrogens is 184 g/mol. The van der Waals surface area contributed by atoms with Crippen molar-refractivity contribution in [3.05, 3.63) is 16.1 Å². The molecule has 0 aliphatic heterocycles. The normalized spacial score (nSPS) is 10.6. The molecule has 0 atom stereocenters. The summed E-state index contributed by atoms with van der Waals surface area (Å²) in [6.45, 7) is 1.25. The van der Waals surface area contributed by atoms with Crippen LogP contribution in [0.25, 0.3) is 0 Å². The maximum absolute atomic E-state index is 8.70. The third-order valence-corrected chi connectivity index (χ3v) is 2.89. The fraction of sp³-hybridized carbons (Fsp3) is 0.667. The van der Waals surface area contributed by atoms with Crippen molar-refractivity contribution in [1.82, 2.24) is 10.3 Å². The SMILES string of the molecule is CNCCCc1cnc(CCO)s1. The molecule has 0 fully saturated rings. The molecule has 1 heterocycles. The minimum Gasteiger partial charge on any atom is -0.396 e. The molecule has 3 nitrogen and oxygen atoms in total. The highest BCUT2D eigenvalue weighted by atomic mass is 32.1. The third-order valence-electron chi connectivity index (χ3n) is 1.78. The zero-order chi connectivity index (χ0) is 9.52. The highest BCUT2D eigenvalue weighted by Gasteiger charge is 2.00. The Morgan fingerprint density at radius 2 is 2.38 bits per heavy atom. The molecule has 74 valence electrons. The van der Waals surface area contributed by atoms with Crippen LogP contribution in [-0.2, 0) is 12.8 Å². The maximum Gasteiger partial charge on any atom is 0.0950 e. The molecule has 0 bridgehead atoms. The molecule has 1 rings (SSSR count). The number of thiazole rings is 1. The maximum atomic E-state index is 8.70. The van der Waals surface area contributed by atoms with Gasteiger partial charge in [0.15, 0.2) is 0 Å². The molecule has 0 aromatic carbocycles. The Kier molecular flexibility index (Phi) is 4.97. The number of aliphatic hydroxyl groups is 1. The average Bonchev–Trinajstić information content (AvgIpc) is 2.54. The summed E-state index contributed by atoms with van der Waals surface area (Å²) in [4.78, 5) is 5.54. The zero-order valence-electron chi connectivity index (χ0n) is 7.92. The van der Waals surface area contributed by atoms with Gasteiger partial charge in [-0.15, -0.1) is 11.3 Å². The van der Waals surface area contributed by atoms with Gasteiger partial charge in [0.2, 0.25) is 0 Å². The molecular formula is C9H16N2OS. The second-order valence-electron chi connectivity index (χ2n) is 2.90. The second kappa shape index (κ2) is 6.07. The Hall–Kier alpha value is -0.450. The fourth-order valence-electron chi connectivity index (χ4n) is 1.11. The summed E-state index contributed by atoms with van der Waals surface area (Å²) in [6.07, 6.45) is 4.85. The van der Waals surface area contributed by atoms with E-state index < -0.39 is 0 Å². The number of aromatic nitrogens is 1. The van der Waals surface area contributed by atoms with E-state index in [4.69, 9.17) is 5.11 Å². The van der Waals surface area contributed by atoms with Gasteiger partial charge in [-0.05, 0) is 26.4 Å². The number of aryl methyl sites for hydroxylation is 1. The predicted molar refractivity (Wildman–Crippen MR) is 55.2 cm³/mol. The van der Waals surface area contributed by atoms with Crippen molar-refractivity contribution in [3.63, 3.8) is 0 Å². The first-order chi connectivity index (χ1) is 6.36. The standard InChI is InChI=1S/C9H16N2OS/c1-10-5-2-3-8-7-11-9(13-8)4-6-12/h7,10,12H,2-6H2,1H3. The van der Waals surface area contributed by atoms with E-state index in [0.717, 1.165) is 24.4 Å². The Labute approximate surface area is 82.8 Å². The predicted octanol–water partition coefficient (Wildman–Crippen LogP) is 0.830. The molecule has 0 aliphatic carbocycles. The number of hydrogen-bond donors (Lipinski definition) is 2. The van der Waals surface area contributed by atoms with E-state index in [1.54, 1.807) is 11.3 Å². The van der Waals surface area contributed by atoms with Crippen LogP contribution in [0.1, 0.15) is 16.3 Å². The largest absolute Gasteiger partial charge is 0.396 e. The van der Waals surface area contributed by atoms with Gasteiger partial charge >= 0.3 is 0 Å². The van der Waals surface area contributed by atoms with E-state index in [0.29, 0.717) is 6.42 Å². The topological polar surface area (TPSA) is 45.2 Å². The summed E-state index contributed by atoms with van der Waals surface area (Å²) in [7, 11) is 1.96. The van der Waals surface area contributed by atoms with Crippen LogP contribution in [0.2, 0.25) is 0 Å². The Morgan fingerprint density at radius 1 is 1.54 bits per heavy atom. The van der Waals surface area contributed by atoms with Gasteiger partial charge in [0.1, 0.15) is 0 Å². The first-order valence-corrected chi connectivity index (χ1v) is 5.37. The molecule has 0 unspecified atom stereocenters.